The molecule has 0 aliphatic carbocycles. The van der Waals surface area contributed by atoms with Gasteiger partial charge in [0.25, 0.3) is 0 Å². The van der Waals surface area contributed by atoms with Crippen LogP contribution in [0.2, 0.25) is 0 Å². The number of nitrogens with zero attached hydrogens (tertiary/aromatic N) is 4. The molecule has 1 saturated heterocycles. The van der Waals surface area contributed by atoms with Crippen LogP contribution >= 0.6 is 0 Å². The minimum atomic E-state index is -1.15. The summed E-state index contributed by atoms with van der Waals surface area (Å²) in [5.74, 6) is 0.951. The fraction of sp³-hybridized carbons (Fsp3) is 0.333. The molecule has 0 spiro atoms. The van der Waals surface area contributed by atoms with Gasteiger partial charge in [0, 0.05) is 30.5 Å². The van der Waals surface area contributed by atoms with Crippen LogP contribution in [-0.2, 0) is 20.9 Å². The number of aromatic nitrogens is 3. The Balaban J connectivity index is 1.46. The molecule has 218 valence electrons. The summed E-state index contributed by atoms with van der Waals surface area (Å²) < 4.78 is 29.7. The van der Waals surface area contributed by atoms with Crippen LogP contribution in [0.3, 0.4) is 0 Å². The number of hydrogen-bond acceptors (Lipinski definition) is 9. The highest BCUT2D eigenvalue weighted by Gasteiger charge is 2.37. The normalized spacial score (nSPS) is 16.3. The zero-order valence-corrected chi connectivity index (χ0v) is 23.3. The van der Waals surface area contributed by atoms with Crippen LogP contribution in [0.1, 0.15) is 24.4 Å². The Morgan fingerprint density at radius 3 is 2.74 bits per heavy atom. The van der Waals surface area contributed by atoms with Crippen molar-refractivity contribution in [1.29, 1.82) is 0 Å². The van der Waals surface area contributed by atoms with E-state index in [2.05, 4.69) is 15.6 Å². The van der Waals surface area contributed by atoms with E-state index < -0.39 is 17.9 Å². The summed E-state index contributed by atoms with van der Waals surface area (Å²) in [6, 6.07) is 16.6. The second-order valence-corrected chi connectivity index (χ2v) is 9.90. The highest BCUT2D eigenvalue weighted by Crippen LogP contribution is 2.42. The van der Waals surface area contributed by atoms with E-state index in [4.69, 9.17) is 23.7 Å². The molecule has 12 heteroatoms. The summed E-state index contributed by atoms with van der Waals surface area (Å²) in [5.41, 5.74) is 2.21. The van der Waals surface area contributed by atoms with Crippen molar-refractivity contribution in [3.05, 3.63) is 66.2 Å². The number of para-hydroxylation sites is 2. The van der Waals surface area contributed by atoms with Crippen LogP contribution in [0.4, 0.5) is 5.69 Å². The van der Waals surface area contributed by atoms with Gasteiger partial charge in [-0.05, 0) is 43.2 Å². The van der Waals surface area contributed by atoms with Crippen molar-refractivity contribution in [2.75, 3.05) is 39.1 Å². The molecule has 12 nitrogen and oxygen atoms in total. The Hall–Kier alpha value is -4.84. The first-order valence-corrected chi connectivity index (χ1v) is 13.7. The van der Waals surface area contributed by atoms with Crippen LogP contribution in [0.15, 0.2) is 60.7 Å². The number of carbonyl (C=O) groups is 2. The van der Waals surface area contributed by atoms with E-state index in [1.165, 1.54) is 23.8 Å². The fourth-order valence-electron chi connectivity index (χ4n) is 5.35. The van der Waals surface area contributed by atoms with Crippen LogP contribution in [0, 0.1) is 0 Å². The number of carbonyl (C=O) groups excluding carboxylic acids is 2. The van der Waals surface area contributed by atoms with Gasteiger partial charge in [-0.15, -0.1) is 5.10 Å². The minimum Gasteiger partial charge on any atom is -0.493 e. The summed E-state index contributed by atoms with van der Waals surface area (Å²) in [5, 5.41) is 11.4. The lowest BCUT2D eigenvalue weighted by atomic mass is 10.0. The Morgan fingerprint density at radius 1 is 1.07 bits per heavy atom. The summed E-state index contributed by atoms with van der Waals surface area (Å²) in [7, 11) is 3.02. The highest BCUT2D eigenvalue weighted by molar-refractivity contribution is 6.02. The van der Waals surface area contributed by atoms with Crippen molar-refractivity contribution in [1.82, 2.24) is 20.3 Å². The lowest BCUT2D eigenvalue weighted by Gasteiger charge is -2.33. The first-order valence-electron chi connectivity index (χ1n) is 13.7. The number of amides is 2. The third kappa shape index (κ3) is 5.28. The van der Waals surface area contributed by atoms with E-state index in [1.54, 1.807) is 36.4 Å². The van der Waals surface area contributed by atoms with Gasteiger partial charge in [-0.1, -0.05) is 29.5 Å². The number of benzene rings is 3. The second kappa shape index (κ2) is 12.0. The van der Waals surface area contributed by atoms with Crippen LogP contribution < -0.4 is 29.2 Å². The molecular formula is C30H31N5O7. The molecule has 1 aromatic heterocycles. The van der Waals surface area contributed by atoms with Gasteiger partial charge in [-0.2, -0.15) is 0 Å². The zero-order valence-electron chi connectivity index (χ0n) is 23.3. The summed E-state index contributed by atoms with van der Waals surface area (Å²) in [6.45, 7) is 0.837. The monoisotopic (exact) mass is 573 g/mol. The van der Waals surface area contributed by atoms with Crippen molar-refractivity contribution in [3.8, 4) is 23.0 Å². The zero-order chi connectivity index (χ0) is 29.1. The van der Waals surface area contributed by atoms with Crippen molar-refractivity contribution in [2.45, 2.75) is 31.5 Å². The van der Waals surface area contributed by atoms with E-state index in [-0.39, 0.29) is 19.4 Å². The molecule has 0 radical (unpaired) electrons. The van der Waals surface area contributed by atoms with Gasteiger partial charge in [-0.3, -0.25) is 14.5 Å². The molecule has 1 fully saturated rings. The third-order valence-electron chi connectivity index (χ3n) is 7.37. The van der Waals surface area contributed by atoms with Crippen LogP contribution in [-0.4, -0.2) is 67.1 Å². The van der Waals surface area contributed by atoms with Gasteiger partial charge in [0.1, 0.15) is 18.1 Å². The Morgan fingerprint density at radius 2 is 1.93 bits per heavy atom. The predicted octanol–water partition coefficient (Wildman–Crippen LogP) is 3.25. The molecule has 0 bridgehead atoms. The summed E-state index contributed by atoms with van der Waals surface area (Å²) >= 11 is 0. The number of nitrogens with one attached hydrogen (secondary N) is 1. The largest absolute Gasteiger partial charge is 0.493 e. The maximum absolute atomic E-state index is 14.4. The molecule has 3 aromatic carbocycles. The lowest BCUT2D eigenvalue weighted by molar-refractivity contribution is -0.127. The average Bonchev–Trinajstić information content (AvgIpc) is 3.79. The van der Waals surface area contributed by atoms with Crippen molar-refractivity contribution >= 4 is 28.5 Å². The number of rotatable bonds is 10. The molecular weight excluding hydrogens is 542 g/mol. The quantitative estimate of drug-likeness (QED) is 0.304. The van der Waals surface area contributed by atoms with Gasteiger partial charge < -0.3 is 29.0 Å². The Kier molecular flexibility index (Phi) is 7.78. The number of anilines is 1. The molecule has 0 saturated carbocycles. The van der Waals surface area contributed by atoms with E-state index in [9.17, 15) is 9.59 Å². The Bertz CT molecular complexity index is 1600. The molecule has 2 atom stereocenters. The maximum atomic E-state index is 14.4. The summed E-state index contributed by atoms with van der Waals surface area (Å²) in [6.07, 6.45) is 1.68. The van der Waals surface area contributed by atoms with Gasteiger partial charge in [-0.25, -0.2) is 4.68 Å². The van der Waals surface area contributed by atoms with Crippen molar-refractivity contribution in [2.24, 2.45) is 0 Å². The molecule has 6 rings (SSSR count). The smallest absolute Gasteiger partial charge is 0.249 e. The van der Waals surface area contributed by atoms with Gasteiger partial charge >= 0.3 is 0 Å². The fourth-order valence-corrected chi connectivity index (χ4v) is 5.35. The maximum Gasteiger partial charge on any atom is 0.249 e. The lowest BCUT2D eigenvalue weighted by Crippen LogP contribution is -2.46. The molecule has 0 unspecified atom stereocenters. The van der Waals surface area contributed by atoms with E-state index in [1.807, 2.05) is 24.3 Å². The van der Waals surface area contributed by atoms with Gasteiger partial charge in [0.05, 0.1) is 25.8 Å². The van der Waals surface area contributed by atoms with E-state index in [0.717, 1.165) is 12.8 Å². The number of hydrogen-bond donors (Lipinski definition) is 1. The minimum absolute atomic E-state index is 0.0622. The molecule has 4 aromatic rings. The van der Waals surface area contributed by atoms with Gasteiger partial charge in [0.2, 0.25) is 18.6 Å². The first-order chi connectivity index (χ1) is 20.6. The van der Waals surface area contributed by atoms with Crippen molar-refractivity contribution < 1.29 is 33.3 Å². The van der Waals surface area contributed by atoms with Crippen LogP contribution in [0.25, 0.3) is 11.0 Å². The third-order valence-corrected chi connectivity index (χ3v) is 7.37. The molecule has 3 heterocycles. The van der Waals surface area contributed by atoms with E-state index in [0.29, 0.717) is 58.4 Å². The number of fused-ring (bicyclic) bond motifs is 2. The number of methoxy groups -OCH3 is 2. The SMILES string of the molecule is COc1cccc([C@H](C(=O)NC[C@H]2CCCO2)N(C(=O)Cn2nnc3ccccc32)c2ccc3c(c2)OCO3)c1OC. The molecule has 2 aliphatic rings. The molecule has 42 heavy (non-hydrogen) atoms. The number of ether oxygens (including phenoxy) is 5. The topological polar surface area (TPSA) is 126 Å². The highest BCUT2D eigenvalue weighted by atomic mass is 16.7. The standard InChI is InChI=1S/C30H31N5O7/c1-38-25-11-5-8-21(29(25)39-2)28(30(37)31-16-20-7-6-14-40-20)35(19-12-13-24-26(15-19)42-18-41-24)27(36)17-34-23-10-4-3-9-22(23)32-33-34/h3-5,8-13,15,20,28H,6-7,14,16-18H2,1-2H3,(H,31,37)/t20-,28-/m1/s1. The second-order valence-electron chi connectivity index (χ2n) is 9.90. The predicted molar refractivity (Wildman–Crippen MR) is 152 cm³/mol. The molecule has 1 N–H and O–H groups in total. The average molecular weight is 574 g/mol. The van der Waals surface area contributed by atoms with Crippen LogP contribution in [0.5, 0.6) is 23.0 Å². The van der Waals surface area contributed by atoms with Crippen molar-refractivity contribution in [3.63, 3.8) is 0 Å². The first kappa shape index (κ1) is 27.3. The van der Waals surface area contributed by atoms with Gasteiger partial charge in [0.15, 0.2) is 23.0 Å². The Labute approximate surface area is 242 Å². The molecule has 2 aliphatic heterocycles. The summed E-state index contributed by atoms with van der Waals surface area (Å²) in [4.78, 5) is 30.0. The molecule has 2 amide bonds. The van der Waals surface area contributed by atoms with E-state index >= 15 is 0 Å².